The lowest BCUT2D eigenvalue weighted by Crippen LogP contribution is -2.26. The van der Waals surface area contributed by atoms with Crippen LogP contribution in [0.4, 0.5) is 0 Å². The van der Waals surface area contributed by atoms with E-state index in [4.69, 9.17) is 9.15 Å². The molecule has 5 nitrogen and oxygen atoms in total. The second kappa shape index (κ2) is 4.98. The fraction of sp³-hybridized carbons (Fsp3) is 0.111. The lowest BCUT2D eigenvalue weighted by Gasteiger charge is -2.24. The van der Waals surface area contributed by atoms with Crippen molar-refractivity contribution in [3.8, 4) is 11.5 Å². The highest BCUT2D eigenvalue weighted by Gasteiger charge is 2.33. The molecular formula is C18H12O5. The summed E-state index contributed by atoms with van der Waals surface area (Å²) in [6.07, 6.45) is 0.0564. The summed E-state index contributed by atoms with van der Waals surface area (Å²) >= 11 is 0. The monoisotopic (exact) mass is 308 g/mol. The van der Waals surface area contributed by atoms with Crippen LogP contribution in [-0.4, -0.2) is 11.1 Å². The van der Waals surface area contributed by atoms with E-state index in [9.17, 15) is 14.7 Å². The first-order chi connectivity index (χ1) is 11.1. The molecule has 1 aliphatic heterocycles. The number of carbonyl (C=O) groups excluding carboxylic acids is 1. The molecular weight excluding hydrogens is 296 g/mol. The zero-order chi connectivity index (χ0) is 16.0. The Balaban J connectivity index is 2.00. The zero-order valence-corrected chi connectivity index (χ0v) is 12.0. The third-order valence-corrected chi connectivity index (χ3v) is 4.03. The normalized spacial score (nSPS) is 16.9. The topological polar surface area (TPSA) is 76.7 Å². The summed E-state index contributed by atoms with van der Waals surface area (Å²) in [5.41, 5.74) is 0.969. The van der Waals surface area contributed by atoms with Gasteiger partial charge in [0.25, 0.3) is 0 Å². The summed E-state index contributed by atoms with van der Waals surface area (Å²) in [6.45, 7) is 0. The van der Waals surface area contributed by atoms with Crippen LogP contribution >= 0.6 is 0 Å². The first-order valence-electron chi connectivity index (χ1n) is 7.19. The van der Waals surface area contributed by atoms with Crippen molar-refractivity contribution in [3.05, 3.63) is 70.1 Å². The fourth-order valence-electron chi connectivity index (χ4n) is 2.96. The fourth-order valence-corrected chi connectivity index (χ4v) is 2.96. The third kappa shape index (κ3) is 2.17. The van der Waals surface area contributed by atoms with Crippen LogP contribution in [0.1, 0.15) is 23.5 Å². The number of carbonyl (C=O) groups is 1. The summed E-state index contributed by atoms with van der Waals surface area (Å²) in [7, 11) is 0. The molecule has 4 rings (SSSR count). The van der Waals surface area contributed by atoms with Gasteiger partial charge in [-0.25, -0.2) is 4.79 Å². The second-order valence-electron chi connectivity index (χ2n) is 5.45. The van der Waals surface area contributed by atoms with Gasteiger partial charge in [-0.1, -0.05) is 24.3 Å². The minimum absolute atomic E-state index is 0.0564. The van der Waals surface area contributed by atoms with E-state index in [0.717, 1.165) is 5.56 Å². The zero-order valence-electron chi connectivity index (χ0n) is 12.0. The van der Waals surface area contributed by atoms with Crippen LogP contribution in [0, 0.1) is 0 Å². The average molecular weight is 308 g/mol. The number of benzene rings is 2. The van der Waals surface area contributed by atoms with Gasteiger partial charge in [0.15, 0.2) is 5.75 Å². The molecule has 0 bridgehead atoms. The van der Waals surface area contributed by atoms with Crippen molar-refractivity contribution in [2.24, 2.45) is 0 Å². The number of ether oxygens (including phenoxy) is 1. The number of para-hydroxylation sites is 1. The van der Waals surface area contributed by atoms with Crippen LogP contribution in [0.2, 0.25) is 0 Å². The Labute approximate surface area is 130 Å². The minimum Gasteiger partial charge on any atom is -0.508 e. The Hall–Kier alpha value is -3.08. The molecule has 0 saturated carbocycles. The number of hydrogen-bond donors (Lipinski definition) is 1. The summed E-state index contributed by atoms with van der Waals surface area (Å²) < 4.78 is 10.7. The molecule has 23 heavy (non-hydrogen) atoms. The first-order valence-corrected chi connectivity index (χ1v) is 7.19. The SMILES string of the molecule is O=C1CC(c2ccc(O)cc2)c2c(c3ccccc3oc2=O)O1. The summed E-state index contributed by atoms with van der Waals surface area (Å²) in [6, 6.07) is 13.4. The van der Waals surface area contributed by atoms with Crippen molar-refractivity contribution in [1.82, 2.24) is 0 Å². The van der Waals surface area contributed by atoms with E-state index in [1.807, 2.05) is 0 Å². The molecule has 1 aliphatic rings. The van der Waals surface area contributed by atoms with E-state index in [2.05, 4.69) is 0 Å². The molecule has 0 fully saturated rings. The van der Waals surface area contributed by atoms with Crippen LogP contribution in [0.3, 0.4) is 0 Å². The number of rotatable bonds is 1. The van der Waals surface area contributed by atoms with Gasteiger partial charge in [-0.15, -0.1) is 0 Å². The maximum atomic E-state index is 12.4. The highest BCUT2D eigenvalue weighted by Crippen LogP contribution is 2.40. The van der Waals surface area contributed by atoms with Crippen molar-refractivity contribution in [2.75, 3.05) is 0 Å². The van der Waals surface area contributed by atoms with Crippen LogP contribution in [0.25, 0.3) is 11.0 Å². The predicted molar refractivity (Wildman–Crippen MR) is 82.7 cm³/mol. The number of hydrogen-bond acceptors (Lipinski definition) is 5. The highest BCUT2D eigenvalue weighted by atomic mass is 16.5. The van der Waals surface area contributed by atoms with Crippen molar-refractivity contribution >= 4 is 16.9 Å². The number of fused-ring (bicyclic) bond motifs is 3. The summed E-state index contributed by atoms with van der Waals surface area (Å²) in [5.74, 6) is -0.455. The van der Waals surface area contributed by atoms with Crippen molar-refractivity contribution in [3.63, 3.8) is 0 Å². The van der Waals surface area contributed by atoms with Gasteiger partial charge in [0, 0.05) is 5.92 Å². The molecule has 1 N–H and O–H groups in total. The lowest BCUT2D eigenvalue weighted by atomic mass is 9.86. The van der Waals surface area contributed by atoms with Gasteiger partial charge in [-0.3, -0.25) is 4.79 Å². The highest BCUT2D eigenvalue weighted by molar-refractivity contribution is 5.90. The quantitative estimate of drug-likeness (QED) is 0.552. The van der Waals surface area contributed by atoms with E-state index >= 15 is 0 Å². The van der Waals surface area contributed by atoms with E-state index in [1.54, 1.807) is 36.4 Å². The van der Waals surface area contributed by atoms with E-state index in [-0.39, 0.29) is 17.9 Å². The average Bonchev–Trinajstić information content (AvgIpc) is 2.55. The number of phenols is 1. The second-order valence-corrected chi connectivity index (χ2v) is 5.45. The predicted octanol–water partition coefficient (Wildman–Crippen LogP) is 2.94. The van der Waals surface area contributed by atoms with Gasteiger partial charge in [0.1, 0.15) is 11.3 Å². The molecule has 0 spiro atoms. The molecule has 2 heterocycles. The van der Waals surface area contributed by atoms with Crippen molar-refractivity contribution < 1.29 is 19.1 Å². The summed E-state index contributed by atoms with van der Waals surface area (Å²) in [4.78, 5) is 24.5. The molecule has 2 aromatic carbocycles. The molecule has 5 heteroatoms. The van der Waals surface area contributed by atoms with Crippen LogP contribution < -0.4 is 10.4 Å². The maximum absolute atomic E-state index is 12.4. The van der Waals surface area contributed by atoms with Crippen molar-refractivity contribution in [2.45, 2.75) is 12.3 Å². The van der Waals surface area contributed by atoms with E-state index in [1.165, 1.54) is 12.1 Å². The molecule has 0 radical (unpaired) electrons. The smallest absolute Gasteiger partial charge is 0.343 e. The standard InChI is InChI=1S/C18H12O5/c19-11-7-5-10(6-8-11)13-9-15(20)23-17-12-3-1-2-4-14(12)22-18(21)16(13)17/h1-8,13,19H,9H2. The Morgan fingerprint density at radius 1 is 1.00 bits per heavy atom. The number of aromatic hydroxyl groups is 1. The summed E-state index contributed by atoms with van der Waals surface area (Å²) in [5, 5.41) is 10.0. The minimum atomic E-state index is -0.510. The first kappa shape index (κ1) is 13.6. The Bertz CT molecular complexity index is 969. The van der Waals surface area contributed by atoms with Crippen LogP contribution in [0.5, 0.6) is 11.5 Å². The van der Waals surface area contributed by atoms with Gasteiger partial charge >= 0.3 is 11.6 Å². The number of phenolic OH excluding ortho intramolecular Hbond substituents is 1. The Morgan fingerprint density at radius 3 is 2.52 bits per heavy atom. The maximum Gasteiger partial charge on any atom is 0.343 e. The largest absolute Gasteiger partial charge is 0.508 e. The molecule has 3 aromatic rings. The van der Waals surface area contributed by atoms with Gasteiger partial charge in [-0.05, 0) is 29.8 Å². The lowest BCUT2D eigenvalue weighted by molar-refractivity contribution is -0.135. The third-order valence-electron chi connectivity index (χ3n) is 4.03. The van der Waals surface area contributed by atoms with Crippen LogP contribution in [-0.2, 0) is 4.79 Å². The van der Waals surface area contributed by atoms with E-state index < -0.39 is 17.5 Å². The van der Waals surface area contributed by atoms with E-state index in [0.29, 0.717) is 16.5 Å². The number of esters is 1. The molecule has 1 aromatic heterocycles. The van der Waals surface area contributed by atoms with Crippen LogP contribution in [0.15, 0.2) is 57.7 Å². The van der Waals surface area contributed by atoms with Gasteiger partial charge in [0.05, 0.1) is 17.4 Å². The molecule has 0 amide bonds. The van der Waals surface area contributed by atoms with Crippen molar-refractivity contribution in [1.29, 1.82) is 0 Å². The molecule has 0 aliphatic carbocycles. The van der Waals surface area contributed by atoms with Gasteiger partial charge in [-0.2, -0.15) is 0 Å². The molecule has 1 unspecified atom stereocenters. The molecule has 114 valence electrons. The van der Waals surface area contributed by atoms with Gasteiger partial charge in [0.2, 0.25) is 0 Å². The van der Waals surface area contributed by atoms with Gasteiger partial charge < -0.3 is 14.3 Å². The molecule has 0 saturated heterocycles. The molecule has 1 atom stereocenters. The Morgan fingerprint density at radius 2 is 1.74 bits per heavy atom. The Kier molecular flexibility index (Phi) is 2.94.